The lowest BCUT2D eigenvalue weighted by Crippen LogP contribution is -2.55. The summed E-state index contributed by atoms with van der Waals surface area (Å²) in [6.45, 7) is 3.70. The number of nitrogens with one attached hydrogen (secondary N) is 1. The van der Waals surface area contributed by atoms with E-state index in [1.54, 1.807) is 23.7 Å². The van der Waals surface area contributed by atoms with Gasteiger partial charge >= 0.3 is 0 Å². The molecule has 6 nitrogen and oxygen atoms in total. The van der Waals surface area contributed by atoms with Crippen molar-refractivity contribution in [2.75, 3.05) is 24.0 Å². The molecule has 3 amide bonds. The lowest BCUT2D eigenvalue weighted by atomic mass is 9.76. The summed E-state index contributed by atoms with van der Waals surface area (Å²) in [7, 11) is 1.74. The molecule has 27 heavy (non-hydrogen) atoms. The summed E-state index contributed by atoms with van der Waals surface area (Å²) in [4.78, 5) is 43.0. The van der Waals surface area contributed by atoms with Crippen LogP contribution in [0.15, 0.2) is 24.3 Å². The number of hydrogen-bond acceptors (Lipinski definition) is 5. The van der Waals surface area contributed by atoms with Crippen LogP contribution in [0.3, 0.4) is 0 Å². The first-order chi connectivity index (χ1) is 12.9. The molecule has 1 spiro atoms. The Balaban J connectivity index is 1.88. The maximum atomic E-state index is 13.5. The topological polar surface area (TPSA) is 69.7 Å². The summed E-state index contributed by atoms with van der Waals surface area (Å²) in [5.41, 5.74) is 0.476. The highest BCUT2D eigenvalue weighted by Crippen LogP contribution is 2.54. The van der Waals surface area contributed by atoms with E-state index in [0.717, 1.165) is 23.4 Å². The van der Waals surface area contributed by atoms with E-state index in [1.807, 2.05) is 44.4 Å². The SMILES string of the molecule is CSCC[C@@H]1N[C@]2(C(=O)N(C)c3ccccc32)[C@H]2C(=O)N(C(C)C)C(=O)[C@@H]12. The van der Waals surface area contributed by atoms with E-state index in [-0.39, 0.29) is 29.8 Å². The standard InChI is InChI=1S/C20H25N3O3S/c1-11(2)23-17(24)15-13(9-10-27-4)21-20(16(15)18(23)25)12-7-5-6-8-14(12)22(3)19(20)26/h5-8,11,13,15-16,21H,9-10H2,1-4H3/t13-,15-,16+,20-/m0/s1. The summed E-state index contributed by atoms with van der Waals surface area (Å²) in [6.07, 6.45) is 2.77. The predicted octanol–water partition coefficient (Wildman–Crippen LogP) is 1.59. The molecular weight excluding hydrogens is 362 g/mol. The molecule has 2 saturated heterocycles. The smallest absolute Gasteiger partial charge is 0.252 e. The molecule has 1 aromatic carbocycles. The zero-order valence-electron chi connectivity index (χ0n) is 16.1. The Labute approximate surface area is 163 Å². The van der Waals surface area contributed by atoms with Crippen LogP contribution in [0.5, 0.6) is 0 Å². The second kappa shape index (κ2) is 6.34. The number of anilines is 1. The van der Waals surface area contributed by atoms with Crippen molar-refractivity contribution in [2.45, 2.75) is 37.9 Å². The first-order valence-corrected chi connectivity index (χ1v) is 10.8. The molecule has 0 saturated carbocycles. The third-order valence-corrected chi connectivity index (χ3v) is 6.82. The van der Waals surface area contributed by atoms with Gasteiger partial charge in [0.1, 0.15) is 5.54 Å². The Morgan fingerprint density at radius 3 is 2.56 bits per heavy atom. The van der Waals surface area contributed by atoms with Crippen LogP contribution < -0.4 is 10.2 Å². The summed E-state index contributed by atoms with van der Waals surface area (Å²) in [5.74, 6) is -0.815. The zero-order chi connectivity index (χ0) is 19.5. The normalized spacial score (nSPS) is 32.2. The van der Waals surface area contributed by atoms with Crippen LogP contribution in [0.2, 0.25) is 0 Å². The monoisotopic (exact) mass is 387 g/mol. The van der Waals surface area contributed by atoms with Gasteiger partial charge in [0.15, 0.2) is 0 Å². The van der Waals surface area contributed by atoms with Crippen LogP contribution in [0.1, 0.15) is 25.8 Å². The van der Waals surface area contributed by atoms with Crippen LogP contribution in [-0.2, 0) is 19.9 Å². The van der Waals surface area contributed by atoms with Crippen molar-refractivity contribution in [3.63, 3.8) is 0 Å². The number of nitrogens with zero attached hydrogens (tertiary/aromatic N) is 2. The number of para-hydroxylation sites is 1. The zero-order valence-corrected chi connectivity index (χ0v) is 16.9. The van der Waals surface area contributed by atoms with Gasteiger partial charge in [-0.3, -0.25) is 24.6 Å². The lowest BCUT2D eigenvalue weighted by Gasteiger charge is -2.31. The average Bonchev–Trinajstić information content (AvgIpc) is 3.20. The first-order valence-electron chi connectivity index (χ1n) is 9.37. The van der Waals surface area contributed by atoms with Crippen molar-refractivity contribution in [1.82, 2.24) is 10.2 Å². The molecule has 2 fully saturated rings. The highest BCUT2D eigenvalue weighted by atomic mass is 32.2. The maximum Gasteiger partial charge on any atom is 0.252 e. The van der Waals surface area contributed by atoms with Gasteiger partial charge in [-0.2, -0.15) is 11.8 Å². The molecule has 4 rings (SSSR count). The fourth-order valence-electron chi connectivity index (χ4n) is 5.08. The molecule has 0 unspecified atom stereocenters. The molecule has 0 aliphatic carbocycles. The molecule has 3 aliphatic rings. The first kappa shape index (κ1) is 18.5. The molecule has 3 aliphatic heterocycles. The van der Waals surface area contributed by atoms with Crippen molar-refractivity contribution in [3.8, 4) is 0 Å². The quantitative estimate of drug-likeness (QED) is 0.795. The molecule has 0 radical (unpaired) electrons. The fraction of sp³-hybridized carbons (Fsp3) is 0.550. The van der Waals surface area contributed by atoms with Crippen LogP contribution in [0.4, 0.5) is 5.69 Å². The number of amides is 3. The molecule has 0 aromatic heterocycles. The Morgan fingerprint density at radius 2 is 1.89 bits per heavy atom. The highest BCUT2D eigenvalue weighted by molar-refractivity contribution is 7.98. The Hall–Kier alpha value is -1.86. The number of fused-ring (bicyclic) bond motifs is 4. The second-order valence-corrected chi connectivity index (χ2v) is 8.85. The summed E-state index contributed by atoms with van der Waals surface area (Å²) < 4.78 is 0. The molecule has 144 valence electrons. The Kier molecular flexibility index (Phi) is 4.35. The maximum absolute atomic E-state index is 13.5. The van der Waals surface area contributed by atoms with Gasteiger partial charge in [0.2, 0.25) is 11.8 Å². The third kappa shape index (κ3) is 2.27. The van der Waals surface area contributed by atoms with Gasteiger partial charge in [0, 0.05) is 30.4 Å². The number of likely N-dealkylation sites (tertiary alicyclic amines) is 1. The number of rotatable bonds is 4. The van der Waals surface area contributed by atoms with Gasteiger partial charge in [0.05, 0.1) is 11.8 Å². The van der Waals surface area contributed by atoms with Crippen molar-refractivity contribution < 1.29 is 14.4 Å². The number of carbonyl (C=O) groups excluding carboxylic acids is 3. The molecule has 1 aromatic rings. The molecule has 3 heterocycles. The van der Waals surface area contributed by atoms with E-state index in [0.29, 0.717) is 0 Å². The van der Waals surface area contributed by atoms with E-state index in [9.17, 15) is 14.4 Å². The fourth-order valence-corrected chi connectivity index (χ4v) is 5.57. The minimum atomic E-state index is -1.14. The summed E-state index contributed by atoms with van der Waals surface area (Å²) in [6, 6.07) is 7.19. The summed E-state index contributed by atoms with van der Waals surface area (Å²) >= 11 is 1.70. The Bertz CT molecular complexity index is 826. The van der Waals surface area contributed by atoms with Crippen LogP contribution in [0, 0.1) is 11.8 Å². The minimum Gasteiger partial charge on any atom is -0.313 e. The summed E-state index contributed by atoms with van der Waals surface area (Å²) in [5, 5.41) is 3.49. The molecular formula is C20H25N3O3S. The van der Waals surface area contributed by atoms with Gasteiger partial charge in [-0.15, -0.1) is 0 Å². The Morgan fingerprint density at radius 1 is 1.19 bits per heavy atom. The van der Waals surface area contributed by atoms with Crippen LogP contribution in [-0.4, -0.2) is 53.8 Å². The number of imide groups is 1. The van der Waals surface area contributed by atoms with Gasteiger partial charge in [-0.1, -0.05) is 18.2 Å². The van der Waals surface area contributed by atoms with E-state index < -0.39 is 17.4 Å². The molecule has 4 atom stereocenters. The van der Waals surface area contributed by atoms with Crippen molar-refractivity contribution in [2.24, 2.45) is 11.8 Å². The van der Waals surface area contributed by atoms with E-state index in [1.165, 1.54) is 4.90 Å². The van der Waals surface area contributed by atoms with Crippen molar-refractivity contribution in [3.05, 3.63) is 29.8 Å². The minimum absolute atomic E-state index is 0.142. The van der Waals surface area contributed by atoms with E-state index >= 15 is 0 Å². The average molecular weight is 388 g/mol. The van der Waals surface area contributed by atoms with Crippen LogP contribution >= 0.6 is 11.8 Å². The largest absolute Gasteiger partial charge is 0.313 e. The number of likely N-dealkylation sites (N-methyl/N-ethyl adjacent to an activating group) is 1. The number of benzene rings is 1. The van der Waals surface area contributed by atoms with E-state index in [4.69, 9.17) is 0 Å². The predicted molar refractivity (Wildman–Crippen MR) is 105 cm³/mol. The lowest BCUT2D eigenvalue weighted by molar-refractivity contribution is -0.144. The number of carbonyl (C=O) groups is 3. The molecule has 7 heteroatoms. The molecule has 0 bridgehead atoms. The highest BCUT2D eigenvalue weighted by Gasteiger charge is 2.71. The van der Waals surface area contributed by atoms with Gasteiger partial charge in [-0.25, -0.2) is 0 Å². The molecule has 1 N–H and O–H groups in total. The van der Waals surface area contributed by atoms with Crippen LogP contribution in [0.25, 0.3) is 0 Å². The number of hydrogen-bond donors (Lipinski definition) is 1. The van der Waals surface area contributed by atoms with E-state index in [2.05, 4.69) is 5.32 Å². The van der Waals surface area contributed by atoms with Crippen molar-refractivity contribution in [1.29, 1.82) is 0 Å². The van der Waals surface area contributed by atoms with Gasteiger partial charge in [-0.05, 0) is 38.3 Å². The number of thioether (sulfide) groups is 1. The van der Waals surface area contributed by atoms with Gasteiger partial charge in [0.25, 0.3) is 5.91 Å². The van der Waals surface area contributed by atoms with Gasteiger partial charge < -0.3 is 4.90 Å². The second-order valence-electron chi connectivity index (χ2n) is 7.87. The third-order valence-electron chi connectivity index (χ3n) is 6.18. The van der Waals surface area contributed by atoms with Crippen molar-refractivity contribution >= 4 is 35.2 Å².